The van der Waals surface area contributed by atoms with Crippen LogP contribution in [0.25, 0.3) is 54.6 Å². The summed E-state index contributed by atoms with van der Waals surface area (Å²) in [4.78, 5) is 0. The van der Waals surface area contributed by atoms with E-state index in [0.29, 0.717) is 11.8 Å². The molecular weight excluding hydrogens is 766 g/mol. The van der Waals surface area contributed by atoms with Gasteiger partial charge in [0.2, 0.25) is 13.4 Å². The highest BCUT2D eigenvalue weighted by atomic mass is 14.3. The molecule has 2 aliphatic rings. The van der Waals surface area contributed by atoms with E-state index in [0.717, 1.165) is 0 Å². The van der Waals surface area contributed by atoms with Crippen LogP contribution in [0.3, 0.4) is 0 Å². The fourth-order valence-electron chi connectivity index (χ4n) is 11.6. The highest BCUT2D eigenvalue weighted by molar-refractivity contribution is 7.01. The predicted octanol–water partition coefficient (Wildman–Crippen LogP) is 13.0. The van der Waals surface area contributed by atoms with Gasteiger partial charge in [-0.2, -0.15) is 0 Å². The Hall–Kier alpha value is -5.07. The lowest BCUT2D eigenvalue weighted by molar-refractivity contribution is 0.590. The summed E-state index contributed by atoms with van der Waals surface area (Å²) in [7, 11) is 0. The predicted molar refractivity (Wildman–Crippen MR) is 286 cm³/mol. The molecule has 0 nitrogen and oxygen atoms in total. The molecule has 0 N–H and O–H groups in total. The topological polar surface area (TPSA) is 0 Å². The third kappa shape index (κ3) is 6.55. The van der Waals surface area contributed by atoms with Crippen molar-refractivity contribution < 1.29 is 0 Å². The number of hydrogen-bond acceptors (Lipinski definition) is 0. The Labute approximate surface area is 385 Å². The van der Waals surface area contributed by atoms with E-state index >= 15 is 0 Å². The Bertz CT molecular complexity index is 2860. The van der Waals surface area contributed by atoms with Crippen LogP contribution in [0.2, 0.25) is 0 Å². The average molecular weight is 835 g/mol. The highest BCUT2D eigenvalue weighted by Gasteiger charge is 2.40. The monoisotopic (exact) mass is 835 g/mol. The van der Waals surface area contributed by atoms with Gasteiger partial charge < -0.3 is 0 Å². The van der Waals surface area contributed by atoms with Gasteiger partial charge in [0, 0.05) is 0 Å². The van der Waals surface area contributed by atoms with Gasteiger partial charge in [-0.15, -0.1) is 0 Å². The molecule has 0 saturated heterocycles. The van der Waals surface area contributed by atoms with Crippen LogP contribution in [0, 0.1) is 0 Å². The van der Waals surface area contributed by atoms with E-state index in [2.05, 4.69) is 220 Å². The zero-order valence-corrected chi connectivity index (χ0v) is 41.7. The molecule has 2 heterocycles. The Morgan fingerprint density at radius 1 is 0.297 bits per heavy atom. The number of fused-ring (bicyclic) bond motifs is 6. The average Bonchev–Trinajstić information content (AvgIpc) is 3.72. The van der Waals surface area contributed by atoms with Gasteiger partial charge in [-0.1, -0.05) is 253 Å². The summed E-state index contributed by atoms with van der Waals surface area (Å²) >= 11 is 0. The maximum atomic E-state index is 2.62. The quantitative estimate of drug-likeness (QED) is 0.122. The molecule has 0 spiro atoms. The first-order valence-electron chi connectivity index (χ1n) is 24.3. The van der Waals surface area contributed by atoms with Crippen LogP contribution in [0.1, 0.15) is 156 Å². The van der Waals surface area contributed by atoms with E-state index in [1.807, 2.05) is 0 Å². The van der Waals surface area contributed by atoms with Gasteiger partial charge in [0.05, 0.1) is 0 Å². The van der Waals surface area contributed by atoms with E-state index in [4.69, 9.17) is 0 Å². The van der Waals surface area contributed by atoms with Crippen LogP contribution in [0.4, 0.5) is 0 Å². The molecule has 0 fully saturated rings. The molecule has 0 atom stereocenters. The van der Waals surface area contributed by atoms with Gasteiger partial charge in [-0.3, -0.25) is 0 Å². The third-order valence-corrected chi connectivity index (χ3v) is 15.4. The van der Waals surface area contributed by atoms with E-state index in [9.17, 15) is 0 Å². The van der Waals surface area contributed by atoms with Crippen LogP contribution in [-0.2, 0) is 21.7 Å². The molecule has 0 unspecified atom stereocenters. The summed E-state index contributed by atoms with van der Waals surface area (Å²) in [5, 5.41) is 8.49. The van der Waals surface area contributed by atoms with Crippen LogP contribution < -0.4 is 32.8 Å². The van der Waals surface area contributed by atoms with Crippen molar-refractivity contribution in [2.24, 2.45) is 0 Å². The van der Waals surface area contributed by atoms with Crippen molar-refractivity contribution in [3.8, 4) is 22.3 Å². The SMILES string of the molecule is CC(C)c1cc(B2c3cc(C(C)(C)C)ccc3-c3ccc(C(C)(C)C)cc32)c2ccc3c(C(C)C)cc(B4c5cc(C(C)(C)C)ccc5-c5ccc(C(C)(C)C)cc54)c4ccc1c2c43. The Morgan fingerprint density at radius 3 is 0.781 bits per heavy atom. The van der Waals surface area contributed by atoms with E-state index in [1.54, 1.807) is 0 Å². The lowest BCUT2D eigenvalue weighted by Crippen LogP contribution is -2.50. The molecule has 2 aliphatic heterocycles. The summed E-state index contributed by atoms with van der Waals surface area (Å²) in [6.45, 7) is 38.1. The standard InChI is InChI=1S/C62H68B2/c1-35(2)49-33-55(63-51-29-37(59(5,6)7)17-21-41(51)42-22-18-38(30-52(42)63)60(8,9)10)47-28-26-46-50(36(3)4)34-56(48-27-25-45(49)57(47)58(46)48)64-53-31-39(61(11,12)13)19-23-43(53)44-24-20-40(32-54(44)64)62(14,15)16/h17-36H,1-16H3. The van der Waals surface area contributed by atoms with Crippen molar-refractivity contribution in [3.63, 3.8) is 0 Å². The summed E-state index contributed by atoms with van der Waals surface area (Å²) in [5.74, 6) is 0.712. The van der Waals surface area contributed by atoms with Crippen molar-refractivity contribution in [2.45, 2.75) is 144 Å². The van der Waals surface area contributed by atoms with Crippen LogP contribution >= 0.6 is 0 Å². The van der Waals surface area contributed by atoms with E-state index in [1.165, 1.54) is 121 Å². The second-order valence-electron chi connectivity index (χ2n) is 24.6. The minimum atomic E-state index is 0.0408. The largest absolute Gasteiger partial charge is 0.243 e. The fourth-order valence-corrected chi connectivity index (χ4v) is 11.6. The van der Waals surface area contributed by atoms with Crippen molar-refractivity contribution in [3.05, 3.63) is 143 Å². The molecule has 2 heteroatoms. The molecule has 322 valence electrons. The normalized spacial score (nSPS) is 14.2. The van der Waals surface area contributed by atoms with Crippen molar-refractivity contribution >= 4 is 78.5 Å². The molecule has 0 bridgehead atoms. The number of hydrogen-bond donors (Lipinski definition) is 0. The summed E-state index contributed by atoms with van der Waals surface area (Å²) in [6.07, 6.45) is 0. The summed E-state index contributed by atoms with van der Waals surface area (Å²) < 4.78 is 0. The first-order chi connectivity index (χ1) is 29.9. The molecule has 0 aliphatic carbocycles. The minimum Gasteiger partial charge on any atom is -0.0626 e. The van der Waals surface area contributed by atoms with E-state index < -0.39 is 0 Å². The Morgan fingerprint density at radius 2 is 0.547 bits per heavy atom. The van der Waals surface area contributed by atoms with Crippen LogP contribution in [0.5, 0.6) is 0 Å². The minimum absolute atomic E-state index is 0.0408. The van der Waals surface area contributed by atoms with Gasteiger partial charge in [-0.25, -0.2) is 0 Å². The number of benzene rings is 8. The van der Waals surface area contributed by atoms with Crippen molar-refractivity contribution in [2.75, 3.05) is 0 Å². The van der Waals surface area contributed by atoms with Gasteiger partial charge in [-0.05, 0) is 121 Å². The second-order valence-corrected chi connectivity index (χ2v) is 24.6. The first kappa shape index (κ1) is 42.9. The van der Waals surface area contributed by atoms with Gasteiger partial charge in [0.1, 0.15) is 0 Å². The first-order valence-corrected chi connectivity index (χ1v) is 24.3. The van der Waals surface area contributed by atoms with Gasteiger partial charge >= 0.3 is 0 Å². The molecule has 8 aromatic carbocycles. The zero-order chi connectivity index (χ0) is 45.7. The maximum absolute atomic E-state index is 2.62. The van der Waals surface area contributed by atoms with Gasteiger partial charge in [0.25, 0.3) is 0 Å². The Kier molecular flexibility index (Phi) is 9.52. The van der Waals surface area contributed by atoms with Crippen molar-refractivity contribution in [1.29, 1.82) is 0 Å². The lowest BCUT2D eigenvalue weighted by atomic mass is 9.37. The third-order valence-electron chi connectivity index (χ3n) is 15.4. The summed E-state index contributed by atoms with van der Waals surface area (Å²) in [6, 6.07) is 44.8. The zero-order valence-electron chi connectivity index (χ0n) is 41.7. The molecule has 0 aromatic heterocycles. The maximum Gasteiger partial charge on any atom is 0.243 e. The molecule has 8 aromatic rings. The van der Waals surface area contributed by atoms with Crippen LogP contribution in [0.15, 0.2) is 109 Å². The second kappa shape index (κ2) is 14.2. The van der Waals surface area contributed by atoms with Crippen LogP contribution in [-0.4, -0.2) is 13.4 Å². The molecule has 64 heavy (non-hydrogen) atoms. The molecular formula is C62H68B2. The molecule has 0 amide bonds. The van der Waals surface area contributed by atoms with Gasteiger partial charge in [0.15, 0.2) is 0 Å². The summed E-state index contributed by atoms with van der Waals surface area (Å²) in [5.41, 5.74) is 22.9. The fraction of sp³-hybridized carbons (Fsp3) is 0.355. The molecule has 10 rings (SSSR count). The molecule has 0 saturated carbocycles. The Balaban J connectivity index is 1.33. The number of rotatable bonds is 4. The smallest absolute Gasteiger partial charge is 0.0626 e. The van der Waals surface area contributed by atoms with Crippen molar-refractivity contribution in [1.82, 2.24) is 0 Å². The molecule has 0 radical (unpaired) electrons. The highest BCUT2D eigenvalue weighted by Crippen LogP contribution is 2.42. The lowest BCUT2D eigenvalue weighted by Gasteiger charge is -2.27. The van der Waals surface area contributed by atoms with E-state index in [-0.39, 0.29) is 35.1 Å².